The number of nitrogens with zero attached hydrogens (tertiary/aromatic N) is 5. The van der Waals surface area contributed by atoms with Crippen LogP contribution < -0.4 is 5.43 Å². The van der Waals surface area contributed by atoms with Gasteiger partial charge in [0.25, 0.3) is 5.91 Å². The lowest BCUT2D eigenvalue weighted by Gasteiger charge is -2.10. The van der Waals surface area contributed by atoms with Crippen molar-refractivity contribution < 1.29 is 9.72 Å². The zero-order valence-electron chi connectivity index (χ0n) is 21.2. The van der Waals surface area contributed by atoms with Gasteiger partial charge in [0, 0.05) is 18.2 Å². The van der Waals surface area contributed by atoms with Gasteiger partial charge in [-0.3, -0.25) is 19.5 Å². The maximum Gasteiger partial charge on any atom is 0.324 e. The van der Waals surface area contributed by atoms with Crippen LogP contribution in [-0.4, -0.2) is 37.6 Å². The van der Waals surface area contributed by atoms with E-state index < -0.39 is 4.92 Å². The van der Waals surface area contributed by atoms with Crippen molar-refractivity contribution >= 4 is 40.2 Å². The number of thioether (sulfide) groups is 1. The summed E-state index contributed by atoms with van der Waals surface area (Å²) in [5.74, 6) is 0.718. The Labute approximate surface area is 225 Å². The number of amides is 1. The molecule has 1 amide bonds. The number of unbranched alkanes of at least 4 members (excludes halogenated alkanes) is 8. The molecular formula is C26H34N6O3S2. The van der Waals surface area contributed by atoms with E-state index >= 15 is 0 Å². The number of carbonyl (C=O) groups excluding carboxylic acids is 1. The normalized spacial score (nSPS) is 11.3. The number of carbonyl (C=O) groups is 1. The van der Waals surface area contributed by atoms with E-state index in [0.717, 1.165) is 35.7 Å². The number of aromatic nitrogens is 3. The predicted molar refractivity (Wildman–Crippen MR) is 150 cm³/mol. The molecule has 0 unspecified atom stereocenters. The molecule has 9 nitrogen and oxygen atoms in total. The average Bonchev–Trinajstić information content (AvgIpc) is 3.54. The van der Waals surface area contributed by atoms with Gasteiger partial charge in [0.05, 0.1) is 21.8 Å². The molecule has 11 heteroatoms. The van der Waals surface area contributed by atoms with Gasteiger partial charge in [-0.25, -0.2) is 5.43 Å². The first-order chi connectivity index (χ1) is 18.1. The van der Waals surface area contributed by atoms with Crippen LogP contribution in [0.1, 0.15) is 75.4 Å². The van der Waals surface area contributed by atoms with E-state index in [1.54, 1.807) is 6.07 Å². The van der Waals surface area contributed by atoms with Crippen molar-refractivity contribution in [2.45, 2.75) is 76.3 Å². The van der Waals surface area contributed by atoms with Crippen molar-refractivity contribution in [3.8, 4) is 5.69 Å². The van der Waals surface area contributed by atoms with Crippen molar-refractivity contribution in [3.63, 3.8) is 0 Å². The van der Waals surface area contributed by atoms with Crippen LogP contribution in [0, 0.1) is 10.1 Å². The summed E-state index contributed by atoms with van der Waals surface area (Å²) >= 11 is 2.29. The maximum absolute atomic E-state index is 12.3. The molecule has 0 saturated heterocycles. The van der Waals surface area contributed by atoms with E-state index in [0.29, 0.717) is 10.0 Å². The number of para-hydroxylation sites is 1. The van der Waals surface area contributed by atoms with Gasteiger partial charge < -0.3 is 0 Å². The molecule has 0 fully saturated rings. The molecule has 3 aromatic rings. The molecule has 3 rings (SSSR count). The molecule has 0 saturated carbocycles. The van der Waals surface area contributed by atoms with Crippen LogP contribution in [0.2, 0.25) is 0 Å². The molecule has 0 radical (unpaired) electrons. The Morgan fingerprint density at radius 2 is 1.76 bits per heavy atom. The lowest BCUT2D eigenvalue weighted by molar-refractivity contribution is -0.380. The Kier molecular flexibility index (Phi) is 12.3. The highest BCUT2D eigenvalue weighted by atomic mass is 32.2. The number of nitrogens with one attached hydrogen (secondary N) is 1. The first-order valence-electron chi connectivity index (χ1n) is 12.8. The van der Waals surface area contributed by atoms with E-state index in [1.165, 1.54) is 75.4 Å². The van der Waals surface area contributed by atoms with Crippen LogP contribution in [-0.2, 0) is 11.2 Å². The van der Waals surface area contributed by atoms with Crippen LogP contribution in [0.5, 0.6) is 0 Å². The molecule has 0 bridgehead atoms. The van der Waals surface area contributed by atoms with E-state index in [-0.39, 0.29) is 16.7 Å². The summed E-state index contributed by atoms with van der Waals surface area (Å²) in [6.45, 7) is 2.24. The third-order valence-corrected chi connectivity index (χ3v) is 7.63. The van der Waals surface area contributed by atoms with Crippen LogP contribution in [0.3, 0.4) is 0 Å². The molecule has 1 N–H and O–H groups in total. The number of thiophene rings is 1. The Balaban J connectivity index is 1.50. The monoisotopic (exact) mass is 542 g/mol. The third-order valence-electron chi connectivity index (χ3n) is 5.72. The number of aryl methyl sites for hydroxylation is 1. The van der Waals surface area contributed by atoms with Crippen molar-refractivity contribution in [2.24, 2.45) is 5.10 Å². The molecule has 0 aliphatic heterocycles. The van der Waals surface area contributed by atoms with E-state index in [1.807, 2.05) is 34.9 Å². The number of hydrazone groups is 1. The molecule has 1 aromatic carbocycles. The summed E-state index contributed by atoms with van der Waals surface area (Å²) < 4.78 is 2.02. The highest BCUT2D eigenvalue weighted by Gasteiger charge is 2.15. The fourth-order valence-electron chi connectivity index (χ4n) is 3.83. The average molecular weight is 543 g/mol. The molecular weight excluding hydrogens is 508 g/mol. The summed E-state index contributed by atoms with van der Waals surface area (Å²) in [6, 6.07) is 12.9. The predicted octanol–water partition coefficient (Wildman–Crippen LogP) is 6.55. The Morgan fingerprint density at radius 1 is 1.05 bits per heavy atom. The topological polar surface area (TPSA) is 115 Å². The minimum absolute atomic E-state index is 0.0294. The van der Waals surface area contributed by atoms with Crippen LogP contribution in [0.4, 0.5) is 5.00 Å². The van der Waals surface area contributed by atoms with Crippen molar-refractivity contribution in [3.05, 3.63) is 63.3 Å². The van der Waals surface area contributed by atoms with Crippen molar-refractivity contribution in [2.75, 3.05) is 5.75 Å². The SMILES string of the molecule is CCCCCCCCCCCc1nnc(SCC(=O)NN=Cc2ccc([N+](=O)[O-])s2)n1-c1ccccc1. The van der Waals surface area contributed by atoms with Gasteiger partial charge in [-0.2, -0.15) is 5.10 Å². The van der Waals surface area contributed by atoms with Crippen molar-refractivity contribution in [1.29, 1.82) is 0 Å². The first kappa shape index (κ1) is 28.5. The fourth-order valence-corrected chi connectivity index (χ4v) is 5.28. The number of hydrogen-bond acceptors (Lipinski definition) is 8. The lowest BCUT2D eigenvalue weighted by atomic mass is 10.1. The minimum Gasteiger partial charge on any atom is -0.274 e. The molecule has 2 aromatic heterocycles. The zero-order chi connectivity index (χ0) is 26.3. The standard InChI is InChI=1S/C26H34N6O3S2/c1-2-3-4-5-6-7-8-9-13-16-23-28-30-26(31(23)21-14-11-10-12-15-21)36-20-24(33)29-27-19-22-17-18-25(37-22)32(34)35/h10-12,14-15,17-19H,2-9,13,16,20H2,1H3,(H,29,33). The van der Waals surface area contributed by atoms with E-state index in [4.69, 9.17) is 0 Å². The molecule has 2 heterocycles. The highest BCUT2D eigenvalue weighted by molar-refractivity contribution is 7.99. The second-order valence-corrected chi connectivity index (χ2v) is 10.7. The summed E-state index contributed by atoms with van der Waals surface area (Å²) in [4.78, 5) is 23.2. The molecule has 0 aliphatic carbocycles. The smallest absolute Gasteiger partial charge is 0.274 e. The summed E-state index contributed by atoms with van der Waals surface area (Å²) in [5, 5.41) is 24.2. The molecule has 0 atom stereocenters. The van der Waals surface area contributed by atoms with Crippen molar-refractivity contribution in [1.82, 2.24) is 20.2 Å². The Bertz CT molecular complexity index is 1150. The Morgan fingerprint density at radius 3 is 2.43 bits per heavy atom. The lowest BCUT2D eigenvalue weighted by Crippen LogP contribution is -2.19. The number of benzene rings is 1. The number of hydrogen-bond donors (Lipinski definition) is 1. The van der Waals surface area contributed by atoms with Gasteiger partial charge in [0.2, 0.25) is 0 Å². The van der Waals surface area contributed by atoms with Crippen LogP contribution in [0.25, 0.3) is 5.69 Å². The van der Waals surface area contributed by atoms with Gasteiger partial charge >= 0.3 is 5.00 Å². The quantitative estimate of drug-likeness (QED) is 0.0680. The van der Waals surface area contributed by atoms with Gasteiger partial charge in [0.15, 0.2) is 5.16 Å². The summed E-state index contributed by atoms with van der Waals surface area (Å²) in [6.07, 6.45) is 13.6. The summed E-state index contributed by atoms with van der Waals surface area (Å²) in [7, 11) is 0. The van der Waals surface area contributed by atoms with E-state index in [2.05, 4.69) is 27.6 Å². The van der Waals surface area contributed by atoms with Gasteiger partial charge in [-0.15, -0.1) is 10.2 Å². The van der Waals surface area contributed by atoms with Crippen LogP contribution >= 0.6 is 23.1 Å². The number of nitro groups is 1. The van der Waals surface area contributed by atoms with Gasteiger partial charge in [-0.05, 0) is 24.6 Å². The summed E-state index contributed by atoms with van der Waals surface area (Å²) in [5.41, 5.74) is 3.44. The highest BCUT2D eigenvalue weighted by Crippen LogP contribution is 2.24. The largest absolute Gasteiger partial charge is 0.324 e. The minimum atomic E-state index is -0.454. The number of rotatable bonds is 17. The first-order valence-corrected chi connectivity index (χ1v) is 14.6. The zero-order valence-corrected chi connectivity index (χ0v) is 22.8. The van der Waals surface area contributed by atoms with Gasteiger partial charge in [0.1, 0.15) is 5.82 Å². The molecule has 0 aliphatic rings. The second kappa shape index (κ2) is 15.9. The molecule has 198 valence electrons. The molecule has 37 heavy (non-hydrogen) atoms. The third kappa shape index (κ3) is 9.73. The Hall–Kier alpha value is -3.05. The van der Waals surface area contributed by atoms with Crippen LogP contribution in [0.15, 0.2) is 52.7 Å². The van der Waals surface area contributed by atoms with Gasteiger partial charge in [-0.1, -0.05) is 99.6 Å². The van der Waals surface area contributed by atoms with E-state index in [9.17, 15) is 14.9 Å². The maximum atomic E-state index is 12.3. The second-order valence-electron chi connectivity index (χ2n) is 8.66. The molecule has 0 spiro atoms. The fraction of sp³-hybridized carbons (Fsp3) is 0.462.